The third-order valence-electron chi connectivity index (χ3n) is 2.46. The SMILES string of the molecule is Nc1cc(NC(=O)CSc2ccc(Cl)cc2)ccc1Cl. The van der Waals surface area contributed by atoms with Crippen molar-refractivity contribution in [3.63, 3.8) is 0 Å². The lowest BCUT2D eigenvalue weighted by Crippen LogP contribution is -2.14. The minimum atomic E-state index is -0.105. The van der Waals surface area contributed by atoms with Gasteiger partial charge in [0.1, 0.15) is 0 Å². The molecule has 3 N–H and O–H groups in total. The number of amides is 1. The van der Waals surface area contributed by atoms with Gasteiger partial charge in [-0.05, 0) is 42.5 Å². The smallest absolute Gasteiger partial charge is 0.234 e. The van der Waals surface area contributed by atoms with Crippen molar-refractivity contribution in [2.24, 2.45) is 0 Å². The Morgan fingerprint density at radius 3 is 2.50 bits per heavy atom. The summed E-state index contributed by atoms with van der Waals surface area (Å²) in [4.78, 5) is 12.8. The second-order valence-electron chi connectivity index (χ2n) is 4.03. The van der Waals surface area contributed by atoms with Gasteiger partial charge >= 0.3 is 0 Å². The molecular weight excluding hydrogens is 315 g/mol. The van der Waals surface area contributed by atoms with E-state index in [0.717, 1.165) is 4.90 Å². The molecule has 0 saturated carbocycles. The molecule has 0 aromatic heterocycles. The maximum atomic E-state index is 11.8. The van der Waals surface area contributed by atoms with E-state index in [9.17, 15) is 4.79 Å². The summed E-state index contributed by atoms with van der Waals surface area (Å²) in [5, 5.41) is 3.91. The van der Waals surface area contributed by atoms with E-state index >= 15 is 0 Å². The van der Waals surface area contributed by atoms with Crippen LogP contribution in [-0.2, 0) is 4.79 Å². The molecule has 2 rings (SSSR count). The van der Waals surface area contributed by atoms with Gasteiger partial charge in [0.15, 0.2) is 0 Å². The fourth-order valence-corrected chi connectivity index (χ4v) is 2.44. The number of benzene rings is 2. The molecule has 1 amide bonds. The van der Waals surface area contributed by atoms with Crippen LogP contribution in [0.3, 0.4) is 0 Å². The molecule has 0 heterocycles. The number of nitrogens with one attached hydrogen (secondary N) is 1. The van der Waals surface area contributed by atoms with Gasteiger partial charge in [0.2, 0.25) is 5.91 Å². The first-order chi connectivity index (χ1) is 9.54. The number of carbonyl (C=O) groups is 1. The number of carbonyl (C=O) groups excluding carboxylic acids is 1. The Morgan fingerprint density at radius 2 is 1.85 bits per heavy atom. The zero-order valence-corrected chi connectivity index (χ0v) is 12.7. The summed E-state index contributed by atoms with van der Waals surface area (Å²) in [5.74, 6) is 0.205. The van der Waals surface area contributed by atoms with Crippen molar-refractivity contribution < 1.29 is 4.79 Å². The lowest BCUT2D eigenvalue weighted by atomic mass is 10.3. The summed E-state index contributed by atoms with van der Waals surface area (Å²) in [7, 11) is 0. The summed E-state index contributed by atoms with van der Waals surface area (Å²) in [6, 6.07) is 12.3. The Balaban J connectivity index is 1.89. The van der Waals surface area contributed by atoms with Gasteiger partial charge in [-0.25, -0.2) is 0 Å². The van der Waals surface area contributed by atoms with Gasteiger partial charge in [-0.1, -0.05) is 23.2 Å². The van der Waals surface area contributed by atoms with E-state index in [-0.39, 0.29) is 5.91 Å². The normalized spacial score (nSPS) is 10.3. The second-order valence-corrected chi connectivity index (χ2v) is 5.92. The highest BCUT2D eigenvalue weighted by Crippen LogP contribution is 2.23. The zero-order valence-electron chi connectivity index (χ0n) is 10.4. The number of nitrogen functional groups attached to an aromatic ring is 1. The van der Waals surface area contributed by atoms with E-state index in [1.165, 1.54) is 11.8 Å². The molecule has 0 spiro atoms. The van der Waals surface area contributed by atoms with Crippen molar-refractivity contribution >= 4 is 52.2 Å². The molecular formula is C14H12Cl2N2OS. The van der Waals surface area contributed by atoms with E-state index in [4.69, 9.17) is 28.9 Å². The molecule has 104 valence electrons. The van der Waals surface area contributed by atoms with Gasteiger partial charge < -0.3 is 11.1 Å². The van der Waals surface area contributed by atoms with Gasteiger partial charge in [0.25, 0.3) is 0 Å². The van der Waals surface area contributed by atoms with Crippen molar-refractivity contribution in [3.8, 4) is 0 Å². The number of hydrogen-bond acceptors (Lipinski definition) is 3. The van der Waals surface area contributed by atoms with Gasteiger partial charge in [0.05, 0.1) is 16.5 Å². The minimum absolute atomic E-state index is 0.105. The van der Waals surface area contributed by atoms with E-state index < -0.39 is 0 Å². The first-order valence-corrected chi connectivity index (χ1v) is 7.52. The number of nitrogens with two attached hydrogens (primary N) is 1. The van der Waals surface area contributed by atoms with Crippen LogP contribution in [0.1, 0.15) is 0 Å². The van der Waals surface area contributed by atoms with E-state index in [1.54, 1.807) is 30.3 Å². The van der Waals surface area contributed by atoms with Crippen LogP contribution in [0.15, 0.2) is 47.4 Å². The maximum absolute atomic E-state index is 11.8. The van der Waals surface area contributed by atoms with Crippen LogP contribution in [0.2, 0.25) is 10.0 Å². The number of thioether (sulfide) groups is 1. The topological polar surface area (TPSA) is 55.1 Å². The number of rotatable bonds is 4. The largest absolute Gasteiger partial charge is 0.397 e. The number of anilines is 2. The predicted molar refractivity (Wildman–Crippen MR) is 86.7 cm³/mol. The fourth-order valence-electron chi connectivity index (χ4n) is 1.50. The lowest BCUT2D eigenvalue weighted by molar-refractivity contribution is -0.113. The highest BCUT2D eigenvalue weighted by Gasteiger charge is 2.05. The van der Waals surface area contributed by atoms with Gasteiger partial charge in [0, 0.05) is 15.6 Å². The highest BCUT2D eigenvalue weighted by atomic mass is 35.5. The first kappa shape index (κ1) is 15.0. The molecule has 20 heavy (non-hydrogen) atoms. The molecule has 6 heteroatoms. The van der Waals surface area contributed by atoms with Gasteiger partial charge in [-0.3, -0.25) is 4.79 Å². The Labute approximate surface area is 131 Å². The Bertz CT molecular complexity index is 617. The van der Waals surface area contributed by atoms with Crippen LogP contribution in [0.4, 0.5) is 11.4 Å². The van der Waals surface area contributed by atoms with Crippen LogP contribution >= 0.6 is 35.0 Å². The number of hydrogen-bond donors (Lipinski definition) is 2. The molecule has 0 radical (unpaired) electrons. The first-order valence-electron chi connectivity index (χ1n) is 5.78. The predicted octanol–water partition coefficient (Wildman–Crippen LogP) is 4.31. The summed E-state index contributed by atoms with van der Waals surface area (Å²) >= 11 is 13.1. The van der Waals surface area contributed by atoms with Crippen molar-refractivity contribution in [2.75, 3.05) is 16.8 Å². The van der Waals surface area contributed by atoms with Crippen LogP contribution in [-0.4, -0.2) is 11.7 Å². The van der Waals surface area contributed by atoms with Crippen molar-refractivity contribution in [2.45, 2.75) is 4.90 Å². The van der Waals surface area contributed by atoms with Gasteiger partial charge in [-0.15, -0.1) is 11.8 Å². The monoisotopic (exact) mass is 326 g/mol. The average molecular weight is 327 g/mol. The molecule has 0 atom stereocenters. The quantitative estimate of drug-likeness (QED) is 0.650. The molecule has 0 aliphatic carbocycles. The van der Waals surface area contributed by atoms with Crippen LogP contribution in [0.25, 0.3) is 0 Å². The number of halogens is 2. The van der Waals surface area contributed by atoms with E-state index in [1.807, 2.05) is 12.1 Å². The van der Waals surface area contributed by atoms with Crippen LogP contribution < -0.4 is 11.1 Å². The van der Waals surface area contributed by atoms with Crippen molar-refractivity contribution in [3.05, 3.63) is 52.5 Å². The Hall–Kier alpha value is -1.36. The summed E-state index contributed by atoms with van der Waals surface area (Å²) in [6.45, 7) is 0. The maximum Gasteiger partial charge on any atom is 0.234 e. The van der Waals surface area contributed by atoms with Crippen LogP contribution in [0, 0.1) is 0 Å². The Kier molecular flexibility index (Phi) is 5.17. The molecule has 0 saturated heterocycles. The second kappa shape index (κ2) is 6.88. The van der Waals surface area contributed by atoms with Crippen LogP contribution in [0.5, 0.6) is 0 Å². The molecule has 0 fully saturated rings. The van der Waals surface area contributed by atoms with Crippen molar-refractivity contribution in [1.82, 2.24) is 0 Å². The summed E-state index contributed by atoms with van der Waals surface area (Å²) < 4.78 is 0. The third-order valence-corrected chi connectivity index (χ3v) is 4.07. The lowest BCUT2D eigenvalue weighted by Gasteiger charge is -2.07. The van der Waals surface area contributed by atoms with E-state index in [2.05, 4.69) is 5.32 Å². The highest BCUT2D eigenvalue weighted by molar-refractivity contribution is 8.00. The molecule has 2 aromatic rings. The molecule has 0 bridgehead atoms. The minimum Gasteiger partial charge on any atom is -0.397 e. The molecule has 0 aliphatic heterocycles. The molecule has 3 nitrogen and oxygen atoms in total. The summed E-state index contributed by atoms with van der Waals surface area (Å²) in [5.41, 5.74) is 6.75. The molecule has 0 unspecified atom stereocenters. The van der Waals surface area contributed by atoms with Gasteiger partial charge in [-0.2, -0.15) is 0 Å². The zero-order chi connectivity index (χ0) is 14.5. The summed E-state index contributed by atoms with van der Waals surface area (Å²) in [6.07, 6.45) is 0. The Morgan fingerprint density at radius 1 is 1.15 bits per heavy atom. The van der Waals surface area contributed by atoms with E-state index in [0.29, 0.717) is 27.2 Å². The standard InChI is InChI=1S/C14H12Cl2N2OS/c15-9-1-4-11(5-2-9)20-8-14(19)18-10-3-6-12(16)13(17)7-10/h1-7H,8,17H2,(H,18,19). The molecule has 2 aromatic carbocycles. The van der Waals surface area contributed by atoms with Crippen molar-refractivity contribution in [1.29, 1.82) is 0 Å². The molecule has 0 aliphatic rings. The third kappa shape index (κ3) is 4.34. The average Bonchev–Trinajstić information content (AvgIpc) is 2.42. The fraction of sp³-hybridized carbons (Fsp3) is 0.0714.